The standard InChI is InChI=1S/C15H22N2O/c16-14-4-3-12-7-11(1-2-13(12)8-14)9-17-6-5-15(18)10-17/h1-2,7,14-15,18H,3-6,8-10,16H2. The Morgan fingerprint density at radius 3 is 2.94 bits per heavy atom. The molecule has 98 valence electrons. The number of aryl methyl sites for hydroxylation is 1. The van der Waals surface area contributed by atoms with E-state index in [1.165, 1.54) is 16.7 Å². The number of likely N-dealkylation sites (tertiary alicyclic amines) is 1. The molecule has 0 saturated carbocycles. The summed E-state index contributed by atoms with van der Waals surface area (Å²) in [5.41, 5.74) is 10.3. The monoisotopic (exact) mass is 246 g/mol. The third-order valence-corrected chi connectivity index (χ3v) is 4.19. The molecule has 0 spiro atoms. The molecule has 3 rings (SSSR count). The second-order valence-electron chi connectivity index (χ2n) is 5.78. The van der Waals surface area contributed by atoms with Crippen LogP contribution in [0.2, 0.25) is 0 Å². The van der Waals surface area contributed by atoms with Crippen molar-refractivity contribution in [1.82, 2.24) is 4.90 Å². The van der Waals surface area contributed by atoms with Crippen LogP contribution >= 0.6 is 0 Å². The third-order valence-electron chi connectivity index (χ3n) is 4.19. The molecule has 1 fully saturated rings. The average Bonchev–Trinajstić information content (AvgIpc) is 2.75. The summed E-state index contributed by atoms with van der Waals surface area (Å²) in [6.07, 6.45) is 4.05. The molecule has 1 aliphatic heterocycles. The quantitative estimate of drug-likeness (QED) is 0.820. The van der Waals surface area contributed by atoms with E-state index in [4.69, 9.17) is 5.73 Å². The van der Waals surface area contributed by atoms with Crippen molar-refractivity contribution in [2.75, 3.05) is 13.1 Å². The molecule has 1 heterocycles. The number of hydrogen-bond donors (Lipinski definition) is 2. The maximum Gasteiger partial charge on any atom is 0.0679 e. The Morgan fingerprint density at radius 1 is 1.28 bits per heavy atom. The fourth-order valence-corrected chi connectivity index (χ4v) is 3.15. The van der Waals surface area contributed by atoms with Crippen LogP contribution in [-0.2, 0) is 19.4 Å². The molecule has 0 radical (unpaired) electrons. The minimum Gasteiger partial charge on any atom is -0.392 e. The molecule has 18 heavy (non-hydrogen) atoms. The number of aliphatic hydroxyl groups excluding tert-OH is 1. The van der Waals surface area contributed by atoms with Gasteiger partial charge < -0.3 is 10.8 Å². The second-order valence-corrected chi connectivity index (χ2v) is 5.78. The molecule has 2 unspecified atom stereocenters. The van der Waals surface area contributed by atoms with Gasteiger partial charge in [-0.25, -0.2) is 0 Å². The highest BCUT2D eigenvalue weighted by Gasteiger charge is 2.21. The summed E-state index contributed by atoms with van der Waals surface area (Å²) in [4.78, 5) is 2.33. The van der Waals surface area contributed by atoms with Crippen molar-refractivity contribution in [1.29, 1.82) is 0 Å². The molecule has 1 aromatic carbocycles. The summed E-state index contributed by atoms with van der Waals surface area (Å²) in [5, 5.41) is 9.54. The minimum absolute atomic E-state index is 0.124. The van der Waals surface area contributed by atoms with Crippen molar-refractivity contribution in [3.05, 3.63) is 34.9 Å². The van der Waals surface area contributed by atoms with Crippen LogP contribution in [0.1, 0.15) is 29.5 Å². The molecule has 3 heteroatoms. The van der Waals surface area contributed by atoms with Crippen molar-refractivity contribution < 1.29 is 5.11 Å². The van der Waals surface area contributed by atoms with Gasteiger partial charge in [0.15, 0.2) is 0 Å². The van der Waals surface area contributed by atoms with Gasteiger partial charge in [-0.05, 0) is 42.4 Å². The summed E-state index contributed by atoms with van der Waals surface area (Å²) in [7, 11) is 0. The van der Waals surface area contributed by atoms with Crippen LogP contribution in [0.25, 0.3) is 0 Å². The number of rotatable bonds is 2. The van der Waals surface area contributed by atoms with E-state index in [1.54, 1.807) is 0 Å². The van der Waals surface area contributed by atoms with Gasteiger partial charge >= 0.3 is 0 Å². The first-order valence-corrected chi connectivity index (χ1v) is 6.97. The van der Waals surface area contributed by atoms with E-state index in [-0.39, 0.29) is 6.10 Å². The van der Waals surface area contributed by atoms with Crippen LogP contribution in [0.5, 0.6) is 0 Å². The van der Waals surface area contributed by atoms with Gasteiger partial charge in [0.25, 0.3) is 0 Å². The lowest BCUT2D eigenvalue weighted by atomic mass is 9.87. The predicted molar refractivity (Wildman–Crippen MR) is 72.3 cm³/mol. The number of benzene rings is 1. The second kappa shape index (κ2) is 5.00. The van der Waals surface area contributed by atoms with Crippen LogP contribution < -0.4 is 5.73 Å². The number of β-amino-alcohol motifs (C(OH)–C–C–N with tert-alkyl or cyclic N) is 1. The molecule has 3 nitrogen and oxygen atoms in total. The van der Waals surface area contributed by atoms with Crippen LogP contribution in [0.15, 0.2) is 18.2 Å². The van der Waals surface area contributed by atoms with Gasteiger partial charge in [-0.2, -0.15) is 0 Å². The molecule has 1 aromatic rings. The van der Waals surface area contributed by atoms with E-state index < -0.39 is 0 Å². The molecule has 0 bridgehead atoms. The fraction of sp³-hybridized carbons (Fsp3) is 0.600. The van der Waals surface area contributed by atoms with Gasteiger partial charge in [0.1, 0.15) is 0 Å². The largest absolute Gasteiger partial charge is 0.392 e. The van der Waals surface area contributed by atoms with Gasteiger partial charge in [-0.15, -0.1) is 0 Å². The zero-order valence-electron chi connectivity index (χ0n) is 10.8. The Hall–Kier alpha value is -0.900. The molecule has 1 saturated heterocycles. The van der Waals surface area contributed by atoms with Crippen molar-refractivity contribution in [2.45, 2.75) is 44.4 Å². The van der Waals surface area contributed by atoms with Crippen molar-refractivity contribution in [2.24, 2.45) is 5.73 Å². The van der Waals surface area contributed by atoms with Crippen molar-refractivity contribution in [3.8, 4) is 0 Å². The van der Waals surface area contributed by atoms with Crippen LogP contribution in [0.3, 0.4) is 0 Å². The molecule has 3 N–H and O–H groups in total. The minimum atomic E-state index is -0.124. The topological polar surface area (TPSA) is 49.5 Å². The highest BCUT2D eigenvalue weighted by atomic mass is 16.3. The van der Waals surface area contributed by atoms with Gasteiger partial charge in [-0.3, -0.25) is 4.90 Å². The first-order valence-electron chi connectivity index (χ1n) is 6.97. The normalized spacial score (nSPS) is 28.3. The average molecular weight is 246 g/mol. The maximum atomic E-state index is 9.54. The van der Waals surface area contributed by atoms with E-state index in [2.05, 4.69) is 23.1 Å². The summed E-state index contributed by atoms with van der Waals surface area (Å²) in [6, 6.07) is 7.15. The lowest BCUT2D eigenvalue weighted by Crippen LogP contribution is -2.28. The highest BCUT2D eigenvalue weighted by molar-refractivity contribution is 5.34. The Kier molecular flexibility index (Phi) is 3.37. The number of fused-ring (bicyclic) bond motifs is 1. The van der Waals surface area contributed by atoms with E-state index in [1.807, 2.05) is 0 Å². The SMILES string of the molecule is NC1CCc2cc(CN3CCC(O)C3)ccc2C1. The molecular formula is C15H22N2O. The fourth-order valence-electron chi connectivity index (χ4n) is 3.15. The predicted octanol–water partition coefficient (Wildman–Crippen LogP) is 1.07. The highest BCUT2D eigenvalue weighted by Crippen LogP contribution is 2.23. The van der Waals surface area contributed by atoms with E-state index in [0.29, 0.717) is 6.04 Å². The third kappa shape index (κ3) is 2.58. The smallest absolute Gasteiger partial charge is 0.0679 e. The van der Waals surface area contributed by atoms with Crippen molar-refractivity contribution in [3.63, 3.8) is 0 Å². The molecular weight excluding hydrogens is 224 g/mol. The molecule has 2 aliphatic rings. The number of hydrogen-bond acceptors (Lipinski definition) is 3. The molecule has 0 amide bonds. The summed E-state index contributed by atoms with van der Waals surface area (Å²) in [6.45, 7) is 2.81. The van der Waals surface area contributed by atoms with Gasteiger partial charge in [0.2, 0.25) is 0 Å². The van der Waals surface area contributed by atoms with Gasteiger partial charge in [0.05, 0.1) is 6.10 Å². The molecule has 2 atom stereocenters. The van der Waals surface area contributed by atoms with E-state index in [9.17, 15) is 5.11 Å². The van der Waals surface area contributed by atoms with Crippen LogP contribution in [0.4, 0.5) is 0 Å². The van der Waals surface area contributed by atoms with Crippen LogP contribution in [-0.4, -0.2) is 35.2 Å². The lowest BCUT2D eigenvalue weighted by molar-refractivity contribution is 0.175. The summed E-state index contributed by atoms with van der Waals surface area (Å²) < 4.78 is 0. The van der Waals surface area contributed by atoms with Gasteiger partial charge in [0, 0.05) is 25.7 Å². The van der Waals surface area contributed by atoms with Crippen molar-refractivity contribution >= 4 is 0 Å². The Bertz CT molecular complexity index is 433. The Morgan fingerprint density at radius 2 is 2.17 bits per heavy atom. The zero-order chi connectivity index (χ0) is 12.5. The zero-order valence-corrected chi connectivity index (χ0v) is 10.8. The van der Waals surface area contributed by atoms with E-state index >= 15 is 0 Å². The van der Waals surface area contributed by atoms with Crippen LogP contribution in [0, 0.1) is 0 Å². The number of aliphatic hydroxyl groups is 1. The summed E-state index contributed by atoms with van der Waals surface area (Å²) in [5.74, 6) is 0. The Labute approximate surface area is 109 Å². The first-order chi connectivity index (χ1) is 8.70. The van der Waals surface area contributed by atoms with Gasteiger partial charge in [-0.1, -0.05) is 18.2 Å². The molecule has 1 aliphatic carbocycles. The summed E-state index contributed by atoms with van der Waals surface area (Å²) >= 11 is 0. The maximum absolute atomic E-state index is 9.54. The van der Waals surface area contributed by atoms with E-state index in [0.717, 1.165) is 45.3 Å². The first kappa shape index (κ1) is 12.2. The number of nitrogens with two attached hydrogens (primary N) is 1. The molecule has 0 aromatic heterocycles. The lowest BCUT2D eigenvalue weighted by Gasteiger charge is -2.23. The Balaban J connectivity index is 1.70. The number of nitrogens with zero attached hydrogens (tertiary/aromatic N) is 1.